The monoisotopic (exact) mass is 425 g/mol. The van der Waals surface area contributed by atoms with E-state index >= 15 is 0 Å². The lowest BCUT2D eigenvalue weighted by Crippen LogP contribution is -2.50. The highest BCUT2D eigenvalue weighted by atomic mass is 16.5. The number of hydrogen-bond acceptors (Lipinski definition) is 5. The molecule has 1 aliphatic rings. The lowest BCUT2D eigenvalue weighted by molar-refractivity contribution is -0.132. The molecule has 1 heterocycles. The highest BCUT2D eigenvalue weighted by molar-refractivity contribution is 5.79. The van der Waals surface area contributed by atoms with E-state index in [9.17, 15) is 9.59 Å². The summed E-state index contributed by atoms with van der Waals surface area (Å²) in [7, 11) is 3.25. The van der Waals surface area contributed by atoms with Gasteiger partial charge in [0, 0.05) is 39.3 Å². The summed E-state index contributed by atoms with van der Waals surface area (Å²) in [4.78, 5) is 28.9. The fraction of sp³-hybridized carbons (Fsp3) is 0.417. The zero-order chi connectivity index (χ0) is 22.1. The van der Waals surface area contributed by atoms with Crippen LogP contribution in [0.1, 0.15) is 11.1 Å². The van der Waals surface area contributed by atoms with Crippen LogP contribution < -0.4 is 14.8 Å². The Morgan fingerprint density at radius 3 is 1.84 bits per heavy atom. The van der Waals surface area contributed by atoms with Crippen LogP contribution in [-0.4, -0.2) is 75.1 Å². The standard InChI is InChI=1S/C24H31N3O4/c1-30-21-7-3-19(4-8-21)17-23(28)25-11-12-26-13-15-27(16-14-26)24(29)18-20-5-9-22(31-2)10-6-20/h3-10H,11-18H2,1-2H3,(H,25,28). The van der Waals surface area contributed by atoms with E-state index in [-0.39, 0.29) is 11.8 Å². The van der Waals surface area contributed by atoms with Crippen molar-refractivity contribution in [3.8, 4) is 11.5 Å². The molecule has 0 aliphatic carbocycles. The first-order valence-corrected chi connectivity index (χ1v) is 10.6. The van der Waals surface area contributed by atoms with Crippen molar-refractivity contribution in [1.29, 1.82) is 0 Å². The molecule has 166 valence electrons. The highest BCUT2D eigenvalue weighted by Crippen LogP contribution is 2.13. The molecule has 0 spiro atoms. The van der Waals surface area contributed by atoms with E-state index in [1.54, 1.807) is 14.2 Å². The Bertz CT molecular complexity index is 841. The number of rotatable bonds is 9. The molecule has 7 nitrogen and oxygen atoms in total. The molecule has 0 bridgehead atoms. The molecule has 1 N–H and O–H groups in total. The van der Waals surface area contributed by atoms with Crippen LogP contribution in [0.25, 0.3) is 0 Å². The van der Waals surface area contributed by atoms with Gasteiger partial charge in [0.25, 0.3) is 0 Å². The van der Waals surface area contributed by atoms with E-state index in [4.69, 9.17) is 9.47 Å². The van der Waals surface area contributed by atoms with Gasteiger partial charge in [0.05, 0.1) is 27.1 Å². The van der Waals surface area contributed by atoms with Crippen LogP contribution in [0.4, 0.5) is 0 Å². The summed E-state index contributed by atoms with van der Waals surface area (Å²) in [6.07, 6.45) is 0.767. The van der Waals surface area contributed by atoms with Gasteiger partial charge in [-0.2, -0.15) is 0 Å². The van der Waals surface area contributed by atoms with Gasteiger partial charge in [0.15, 0.2) is 0 Å². The van der Waals surface area contributed by atoms with Gasteiger partial charge in [-0.05, 0) is 35.4 Å². The largest absolute Gasteiger partial charge is 0.497 e. The number of ether oxygens (including phenoxy) is 2. The summed E-state index contributed by atoms with van der Waals surface area (Å²) in [6.45, 7) is 4.47. The van der Waals surface area contributed by atoms with Gasteiger partial charge in [-0.3, -0.25) is 14.5 Å². The smallest absolute Gasteiger partial charge is 0.227 e. The molecule has 0 atom stereocenters. The molecule has 0 aromatic heterocycles. The zero-order valence-electron chi connectivity index (χ0n) is 18.3. The zero-order valence-corrected chi connectivity index (χ0v) is 18.3. The molecule has 2 aromatic carbocycles. The molecule has 0 saturated carbocycles. The van der Waals surface area contributed by atoms with Crippen molar-refractivity contribution in [2.75, 3.05) is 53.5 Å². The second kappa shape index (κ2) is 11.4. The maximum absolute atomic E-state index is 12.6. The number of methoxy groups -OCH3 is 2. The lowest BCUT2D eigenvalue weighted by atomic mass is 10.1. The Morgan fingerprint density at radius 1 is 0.806 bits per heavy atom. The maximum Gasteiger partial charge on any atom is 0.227 e. The van der Waals surface area contributed by atoms with E-state index in [1.165, 1.54) is 0 Å². The number of nitrogens with one attached hydrogen (secondary N) is 1. The molecule has 2 aromatic rings. The number of hydrogen-bond donors (Lipinski definition) is 1. The summed E-state index contributed by atoms with van der Waals surface area (Å²) in [5.41, 5.74) is 1.95. The Kier molecular flexibility index (Phi) is 8.29. The third-order valence-corrected chi connectivity index (χ3v) is 5.51. The van der Waals surface area contributed by atoms with Crippen molar-refractivity contribution in [3.63, 3.8) is 0 Å². The predicted octanol–water partition coefficient (Wildman–Crippen LogP) is 1.75. The molecule has 0 radical (unpaired) electrons. The number of piperazine rings is 1. The van der Waals surface area contributed by atoms with Crippen LogP contribution in [0.15, 0.2) is 48.5 Å². The maximum atomic E-state index is 12.6. The van der Waals surface area contributed by atoms with Crippen molar-refractivity contribution in [2.24, 2.45) is 0 Å². The van der Waals surface area contributed by atoms with E-state index in [0.29, 0.717) is 19.4 Å². The fourth-order valence-corrected chi connectivity index (χ4v) is 3.60. The number of benzene rings is 2. The minimum absolute atomic E-state index is 0.0125. The second-order valence-electron chi connectivity index (χ2n) is 7.62. The minimum Gasteiger partial charge on any atom is -0.497 e. The Hall–Kier alpha value is -3.06. The normalized spacial score (nSPS) is 14.2. The van der Waals surface area contributed by atoms with Crippen LogP contribution in [-0.2, 0) is 22.4 Å². The average molecular weight is 426 g/mol. The van der Waals surface area contributed by atoms with Crippen molar-refractivity contribution < 1.29 is 19.1 Å². The van der Waals surface area contributed by atoms with Crippen LogP contribution in [0.2, 0.25) is 0 Å². The fourth-order valence-electron chi connectivity index (χ4n) is 3.60. The van der Waals surface area contributed by atoms with E-state index in [2.05, 4.69) is 10.2 Å². The van der Waals surface area contributed by atoms with Gasteiger partial charge in [0.1, 0.15) is 11.5 Å². The van der Waals surface area contributed by atoms with Crippen LogP contribution in [0.5, 0.6) is 11.5 Å². The summed E-state index contributed by atoms with van der Waals surface area (Å²) < 4.78 is 10.3. The minimum atomic E-state index is 0.0125. The van der Waals surface area contributed by atoms with E-state index < -0.39 is 0 Å². The topological polar surface area (TPSA) is 71.1 Å². The van der Waals surface area contributed by atoms with Crippen molar-refractivity contribution in [1.82, 2.24) is 15.1 Å². The van der Waals surface area contributed by atoms with Crippen LogP contribution >= 0.6 is 0 Å². The first kappa shape index (κ1) is 22.6. The van der Waals surface area contributed by atoms with Gasteiger partial charge in [-0.15, -0.1) is 0 Å². The molecule has 2 amide bonds. The Balaban J connectivity index is 1.32. The SMILES string of the molecule is COc1ccc(CC(=O)NCCN2CCN(C(=O)Cc3ccc(OC)cc3)CC2)cc1. The molecule has 1 aliphatic heterocycles. The van der Waals surface area contributed by atoms with Crippen molar-refractivity contribution in [2.45, 2.75) is 12.8 Å². The van der Waals surface area contributed by atoms with Gasteiger partial charge in [-0.25, -0.2) is 0 Å². The van der Waals surface area contributed by atoms with E-state index in [1.807, 2.05) is 53.4 Å². The van der Waals surface area contributed by atoms with Crippen LogP contribution in [0.3, 0.4) is 0 Å². The molecule has 3 rings (SSSR count). The highest BCUT2D eigenvalue weighted by Gasteiger charge is 2.21. The summed E-state index contributed by atoms with van der Waals surface area (Å²) in [6, 6.07) is 15.1. The summed E-state index contributed by atoms with van der Waals surface area (Å²) in [5, 5.41) is 2.98. The summed E-state index contributed by atoms with van der Waals surface area (Å²) in [5.74, 6) is 1.74. The predicted molar refractivity (Wildman–Crippen MR) is 119 cm³/mol. The Morgan fingerprint density at radius 2 is 1.32 bits per heavy atom. The van der Waals surface area contributed by atoms with Crippen molar-refractivity contribution >= 4 is 11.8 Å². The van der Waals surface area contributed by atoms with Gasteiger partial charge in [-0.1, -0.05) is 24.3 Å². The molecular formula is C24H31N3O4. The average Bonchev–Trinajstić information content (AvgIpc) is 2.80. The van der Waals surface area contributed by atoms with Gasteiger partial charge >= 0.3 is 0 Å². The van der Waals surface area contributed by atoms with Gasteiger partial charge < -0.3 is 19.7 Å². The number of carbonyl (C=O) groups excluding carboxylic acids is 2. The van der Waals surface area contributed by atoms with Gasteiger partial charge in [0.2, 0.25) is 11.8 Å². The van der Waals surface area contributed by atoms with E-state index in [0.717, 1.165) is 55.3 Å². The first-order valence-electron chi connectivity index (χ1n) is 10.6. The second-order valence-corrected chi connectivity index (χ2v) is 7.62. The molecule has 0 unspecified atom stereocenters. The number of nitrogens with zero attached hydrogens (tertiary/aromatic N) is 2. The molecule has 7 heteroatoms. The third-order valence-electron chi connectivity index (χ3n) is 5.51. The quantitative estimate of drug-likeness (QED) is 0.663. The van der Waals surface area contributed by atoms with Crippen LogP contribution in [0, 0.1) is 0 Å². The molecule has 1 saturated heterocycles. The first-order chi connectivity index (χ1) is 15.1. The third kappa shape index (κ3) is 7.00. The number of carbonyl (C=O) groups is 2. The number of amides is 2. The molecular weight excluding hydrogens is 394 g/mol. The Labute approximate surface area is 183 Å². The van der Waals surface area contributed by atoms with Crippen molar-refractivity contribution in [3.05, 3.63) is 59.7 Å². The molecule has 1 fully saturated rings. The summed E-state index contributed by atoms with van der Waals surface area (Å²) >= 11 is 0. The molecule has 31 heavy (non-hydrogen) atoms. The lowest BCUT2D eigenvalue weighted by Gasteiger charge is -2.34.